The molecule has 1 saturated carbocycles. The predicted molar refractivity (Wildman–Crippen MR) is 137 cm³/mol. The fourth-order valence-corrected chi connectivity index (χ4v) is 5.73. The highest BCUT2D eigenvalue weighted by atomic mass is 35.5. The summed E-state index contributed by atoms with van der Waals surface area (Å²) in [6.07, 6.45) is 2.91. The van der Waals surface area contributed by atoms with Crippen LogP contribution in [0.3, 0.4) is 0 Å². The summed E-state index contributed by atoms with van der Waals surface area (Å²) in [4.78, 5) is 57.5. The number of Topliss-reactive ketones (excluding diaryl/α,β-unsaturated/α-hetero) is 3. The predicted octanol–water partition coefficient (Wildman–Crippen LogP) is 4.62. The highest BCUT2D eigenvalue weighted by molar-refractivity contribution is 6.30. The minimum absolute atomic E-state index is 0.0458. The number of amides is 1. The Morgan fingerprint density at radius 1 is 1.08 bits per heavy atom. The molecule has 1 spiro atoms. The van der Waals surface area contributed by atoms with Crippen molar-refractivity contribution in [2.75, 3.05) is 13.1 Å². The van der Waals surface area contributed by atoms with Gasteiger partial charge in [0.25, 0.3) is 0 Å². The minimum atomic E-state index is -0.733. The highest BCUT2D eigenvalue weighted by Gasteiger charge is 2.47. The lowest BCUT2D eigenvalue weighted by atomic mass is 9.62. The maximum absolute atomic E-state index is 13.3. The second-order valence-corrected chi connectivity index (χ2v) is 10.4. The molecule has 1 amide bonds. The molecule has 4 rings (SSSR count). The van der Waals surface area contributed by atoms with Crippen LogP contribution >= 0.6 is 11.6 Å². The number of pyridine rings is 1. The summed E-state index contributed by atoms with van der Waals surface area (Å²) in [5.74, 6) is 4.48. The van der Waals surface area contributed by atoms with E-state index in [1.807, 2.05) is 26.0 Å². The van der Waals surface area contributed by atoms with Crippen molar-refractivity contribution >= 4 is 34.9 Å². The molecular formula is C29H29ClN2O4. The number of carbonyl (C=O) groups excluding carboxylic acids is 4. The average molecular weight is 505 g/mol. The number of halogens is 1. The number of aryl methyl sites for hydroxylation is 2. The molecule has 0 radical (unpaired) electrons. The summed E-state index contributed by atoms with van der Waals surface area (Å²) < 4.78 is 0. The Balaban J connectivity index is 1.41. The number of piperidine rings is 1. The van der Waals surface area contributed by atoms with Gasteiger partial charge in [0.05, 0.1) is 11.4 Å². The van der Waals surface area contributed by atoms with Crippen LogP contribution in [0.1, 0.15) is 77.7 Å². The van der Waals surface area contributed by atoms with Gasteiger partial charge in [0, 0.05) is 37.7 Å². The molecule has 6 nitrogen and oxygen atoms in total. The van der Waals surface area contributed by atoms with Crippen molar-refractivity contribution in [1.82, 2.24) is 9.88 Å². The molecule has 1 aliphatic heterocycles. The molecule has 2 aliphatic rings. The third-order valence-corrected chi connectivity index (χ3v) is 7.62. The van der Waals surface area contributed by atoms with Crippen molar-refractivity contribution in [3.63, 3.8) is 0 Å². The van der Waals surface area contributed by atoms with Crippen LogP contribution in [0.2, 0.25) is 5.02 Å². The maximum atomic E-state index is 13.3. The first kappa shape index (κ1) is 25.8. The van der Waals surface area contributed by atoms with E-state index in [0.717, 1.165) is 22.3 Å². The summed E-state index contributed by atoms with van der Waals surface area (Å²) in [7, 11) is 0. The lowest BCUT2D eigenvalue weighted by Gasteiger charge is -2.44. The molecule has 2 aromatic rings. The maximum Gasteiger partial charge on any atom is 0.230 e. The van der Waals surface area contributed by atoms with Gasteiger partial charge < -0.3 is 4.90 Å². The van der Waals surface area contributed by atoms with E-state index in [1.165, 1.54) is 12.3 Å². The molecule has 1 aromatic carbocycles. The number of likely N-dealkylation sites (tertiary alicyclic amines) is 1. The summed E-state index contributed by atoms with van der Waals surface area (Å²) in [6.45, 7) is 6.49. The van der Waals surface area contributed by atoms with Gasteiger partial charge in [0.2, 0.25) is 5.91 Å². The van der Waals surface area contributed by atoms with Crippen LogP contribution < -0.4 is 0 Å². The third-order valence-electron chi connectivity index (χ3n) is 7.40. The van der Waals surface area contributed by atoms with Gasteiger partial charge in [-0.2, -0.15) is 0 Å². The number of benzene rings is 1. The van der Waals surface area contributed by atoms with Crippen molar-refractivity contribution < 1.29 is 19.2 Å². The Hall–Kier alpha value is -3.30. The van der Waals surface area contributed by atoms with E-state index in [0.29, 0.717) is 43.8 Å². The first-order valence-electron chi connectivity index (χ1n) is 12.1. The van der Waals surface area contributed by atoms with Gasteiger partial charge in [-0.1, -0.05) is 17.5 Å². The van der Waals surface area contributed by atoms with Crippen LogP contribution in [0.4, 0.5) is 0 Å². The topological polar surface area (TPSA) is 84.4 Å². The minimum Gasteiger partial charge on any atom is -0.342 e. The smallest absolute Gasteiger partial charge is 0.230 e. The quantitative estimate of drug-likeness (QED) is 0.344. The van der Waals surface area contributed by atoms with Crippen LogP contribution in [0.15, 0.2) is 30.5 Å². The molecule has 1 saturated heterocycles. The molecular weight excluding hydrogens is 476 g/mol. The molecule has 0 unspecified atom stereocenters. The zero-order valence-corrected chi connectivity index (χ0v) is 21.6. The number of aromatic nitrogens is 1. The third kappa shape index (κ3) is 5.27. The van der Waals surface area contributed by atoms with Gasteiger partial charge in [-0.3, -0.25) is 24.2 Å². The molecule has 1 aliphatic carbocycles. The largest absolute Gasteiger partial charge is 0.342 e. The fraction of sp³-hybridized carbons (Fsp3) is 0.414. The fourth-order valence-electron chi connectivity index (χ4n) is 5.62. The van der Waals surface area contributed by atoms with Gasteiger partial charge in [-0.25, -0.2) is 0 Å². The SMILES string of the molecule is CC#Cc1cc(C)c(C2C(=O)CC3(CCN(C(=O)CC(=O)c4ccc(Cl)cn4)CC3)CC2=O)c(C)c1. The van der Waals surface area contributed by atoms with E-state index >= 15 is 0 Å². The Bertz CT molecular complexity index is 1250. The van der Waals surface area contributed by atoms with Crippen molar-refractivity contribution in [3.8, 4) is 11.8 Å². The number of rotatable bonds is 4. The van der Waals surface area contributed by atoms with Gasteiger partial charge in [-0.15, -0.1) is 5.92 Å². The number of nitrogens with zero attached hydrogens (tertiary/aromatic N) is 2. The molecule has 2 heterocycles. The molecule has 1 aromatic heterocycles. The first-order valence-corrected chi connectivity index (χ1v) is 12.5. The normalized spacial score (nSPS) is 17.6. The van der Waals surface area contributed by atoms with Gasteiger partial charge >= 0.3 is 0 Å². The van der Waals surface area contributed by atoms with Crippen molar-refractivity contribution in [2.45, 2.75) is 58.8 Å². The van der Waals surface area contributed by atoms with Crippen molar-refractivity contribution in [2.24, 2.45) is 5.41 Å². The second kappa shape index (κ2) is 10.4. The number of ketones is 3. The first-order chi connectivity index (χ1) is 17.1. The van der Waals surface area contributed by atoms with Gasteiger partial charge in [0.1, 0.15) is 23.2 Å². The van der Waals surface area contributed by atoms with Gasteiger partial charge in [-0.05, 0) is 80.0 Å². The van der Waals surface area contributed by atoms with E-state index in [1.54, 1.807) is 17.9 Å². The Kier molecular flexibility index (Phi) is 7.42. The Morgan fingerprint density at radius 2 is 1.69 bits per heavy atom. The van der Waals surface area contributed by atoms with Crippen LogP contribution in [0, 0.1) is 31.1 Å². The zero-order valence-electron chi connectivity index (χ0n) is 20.8. The van der Waals surface area contributed by atoms with E-state index in [9.17, 15) is 19.2 Å². The number of hydrogen-bond donors (Lipinski definition) is 0. The van der Waals surface area contributed by atoms with E-state index in [-0.39, 0.29) is 35.4 Å². The van der Waals surface area contributed by atoms with Gasteiger partial charge in [0.15, 0.2) is 5.78 Å². The van der Waals surface area contributed by atoms with Crippen LogP contribution in [-0.2, 0) is 14.4 Å². The van der Waals surface area contributed by atoms with Crippen molar-refractivity contribution in [1.29, 1.82) is 0 Å². The summed E-state index contributed by atoms with van der Waals surface area (Å²) in [5.41, 5.74) is 3.30. The molecule has 2 fully saturated rings. The zero-order chi connectivity index (χ0) is 26.0. The lowest BCUT2D eigenvalue weighted by Crippen LogP contribution is -2.48. The molecule has 0 N–H and O–H groups in total. The Morgan fingerprint density at radius 3 is 2.22 bits per heavy atom. The molecule has 36 heavy (non-hydrogen) atoms. The van der Waals surface area contributed by atoms with E-state index < -0.39 is 11.3 Å². The average Bonchev–Trinajstić information content (AvgIpc) is 2.81. The molecule has 7 heteroatoms. The van der Waals surface area contributed by atoms with Crippen LogP contribution in [-0.4, -0.2) is 46.2 Å². The Labute approximate surface area is 216 Å². The molecule has 0 bridgehead atoms. The molecule has 186 valence electrons. The standard InChI is InChI=1S/C29H29ClN2O4/c1-4-5-20-12-18(2)27(19(3)13-20)28-24(34)15-29(16-25(28)35)8-10-32(11-9-29)26(36)14-23(33)22-7-6-21(30)17-31-22/h6-7,12-13,17,28H,8-11,14-16H2,1-3H3. The highest BCUT2D eigenvalue weighted by Crippen LogP contribution is 2.46. The summed E-state index contributed by atoms with van der Waals surface area (Å²) >= 11 is 5.81. The second-order valence-electron chi connectivity index (χ2n) is 9.96. The van der Waals surface area contributed by atoms with Crippen LogP contribution in [0.25, 0.3) is 0 Å². The van der Waals surface area contributed by atoms with Crippen molar-refractivity contribution in [3.05, 3.63) is 63.4 Å². The van der Waals surface area contributed by atoms with E-state index in [4.69, 9.17) is 11.6 Å². The monoisotopic (exact) mass is 504 g/mol. The summed E-state index contributed by atoms with van der Waals surface area (Å²) in [6, 6.07) is 6.95. The number of hydrogen-bond acceptors (Lipinski definition) is 5. The van der Waals surface area contributed by atoms with E-state index in [2.05, 4.69) is 16.8 Å². The molecule has 0 atom stereocenters. The van der Waals surface area contributed by atoms with Crippen LogP contribution in [0.5, 0.6) is 0 Å². The number of carbonyl (C=O) groups is 4. The summed E-state index contributed by atoms with van der Waals surface area (Å²) in [5, 5.41) is 0.422. The lowest BCUT2D eigenvalue weighted by molar-refractivity contribution is -0.140.